The molecule has 0 unspecified atom stereocenters. The van der Waals surface area contributed by atoms with Crippen molar-refractivity contribution in [2.24, 2.45) is 4.99 Å². The van der Waals surface area contributed by atoms with E-state index in [1.807, 2.05) is 12.3 Å². The fraction of sp³-hybridized carbons (Fsp3) is 0.500. The summed E-state index contributed by atoms with van der Waals surface area (Å²) in [7, 11) is 1.66. The molecular formula is C14H21F3IN3OS. The Bertz CT molecular complexity index is 487. The zero-order valence-corrected chi connectivity index (χ0v) is 16.1. The summed E-state index contributed by atoms with van der Waals surface area (Å²) in [5, 5.41) is 6.23. The molecule has 1 rings (SSSR count). The van der Waals surface area contributed by atoms with Crippen LogP contribution in [-0.4, -0.2) is 44.3 Å². The van der Waals surface area contributed by atoms with E-state index in [9.17, 15) is 13.2 Å². The average Bonchev–Trinajstić information content (AvgIpc) is 2.48. The Morgan fingerprint density at radius 3 is 2.65 bits per heavy atom. The number of hydrogen-bond donors (Lipinski definition) is 2. The quantitative estimate of drug-likeness (QED) is 0.282. The molecule has 1 aromatic rings. The van der Waals surface area contributed by atoms with E-state index >= 15 is 0 Å². The van der Waals surface area contributed by atoms with E-state index in [0.717, 1.165) is 17.9 Å². The molecule has 0 amide bonds. The lowest BCUT2D eigenvalue weighted by Crippen LogP contribution is -2.37. The molecule has 0 atom stereocenters. The van der Waals surface area contributed by atoms with Crippen LogP contribution in [0.3, 0.4) is 0 Å². The maximum absolute atomic E-state index is 12.1. The Balaban J connectivity index is 0.00000484. The van der Waals surface area contributed by atoms with E-state index in [1.165, 1.54) is 6.07 Å². The van der Waals surface area contributed by atoms with Crippen molar-refractivity contribution in [2.75, 3.05) is 32.2 Å². The lowest BCUT2D eigenvalue weighted by atomic mass is 10.2. The summed E-state index contributed by atoms with van der Waals surface area (Å²) in [4.78, 5) is 4.07. The SMILES string of the molecule is CN=C(NCCSC)NCc1cccc(OCC(F)(F)F)c1.I. The van der Waals surface area contributed by atoms with Crippen molar-refractivity contribution < 1.29 is 17.9 Å². The van der Waals surface area contributed by atoms with Crippen molar-refractivity contribution >= 4 is 41.7 Å². The topological polar surface area (TPSA) is 45.7 Å². The molecule has 0 saturated heterocycles. The number of guanidine groups is 1. The summed E-state index contributed by atoms with van der Waals surface area (Å²) in [5.74, 6) is 1.80. The molecule has 0 saturated carbocycles. The highest BCUT2D eigenvalue weighted by atomic mass is 127. The molecule has 0 heterocycles. The van der Waals surface area contributed by atoms with Crippen LogP contribution in [0, 0.1) is 0 Å². The molecular weight excluding hydrogens is 442 g/mol. The number of ether oxygens (including phenoxy) is 1. The van der Waals surface area contributed by atoms with Gasteiger partial charge in [0.15, 0.2) is 12.6 Å². The zero-order valence-electron chi connectivity index (χ0n) is 12.9. The Morgan fingerprint density at radius 1 is 1.30 bits per heavy atom. The Kier molecular flexibility index (Phi) is 11.2. The first-order chi connectivity index (χ1) is 10.4. The first-order valence-corrected chi connectivity index (χ1v) is 8.06. The highest BCUT2D eigenvalue weighted by molar-refractivity contribution is 14.0. The number of halogens is 4. The van der Waals surface area contributed by atoms with Crippen molar-refractivity contribution in [3.8, 4) is 5.75 Å². The minimum atomic E-state index is -4.34. The molecule has 0 aliphatic carbocycles. The van der Waals surface area contributed by atoms with Gasteiger partial charge in [0, 0.05) is 25.9 Å². The second-order valence-corrected chi connectivity index (χ2v) is 5.38. The standard InChI is InChI=1S/C14H20F3N3OS.HI/c1-18-13(19-6-7-22-2)20-9-11-4-3-5-12(8-11)21-10-14(15,16)17;/h3-5,8H,6-7,9-10H2,1-2H3,(H2,18,19,20);1H. The molecule has 0 aromatic heterocycles. The van der Waals surface area contributed by atoms with Gasteiger partial charge in [0.1, 0.15) is 5.75 Å². The average molecular weight is 463 g/mol. The summed E-state index contributed by atoms with van der Waals surface area (Å²) in [6.07, 6.45) is -2.32. The van der Waals surface area contributed by atoms with Crippen molar-refractivity contribution in [1.29, 1.82) is 0 Å². The predicted octanol–water partition coefficient (Wildman–Crippen LogP) is 3.27. The van der Waals surface area contributed by atoms with Gasteiger partial charge in [0.2, 0.25) is 0 Å². The third-order valence-electron chi connectivity index (χ3n) is 2.58. The highest BCUT2D eigenvalue weighted by Gasteiger charge is 2.28. The highest BCUT2D eigenvalue weighted by Crippen LogP contribution is 2.19. The van der Waals surface area contributed by atoms with E-state index in [-0.39, 0.29) is 29.7 Å². The third kappa shape index (κ3) is 10.5. The van der Waals surface area contributed by atoms with Gasteiger partial charge >= 0.3 is 6.18 Å². The van der Waals surface area contributed by atoms with Gasteiger partial charge in [0.25, 0.3) is 0 Å². The fourth-order valence-electron chi connectivity index (χ4n) is 1.59. The van der Waals surface area contributed by atoms with Gasteiger partial charge in [-0.05, 0) is 24.0 Å². The van der Waals surface area contributed by atoms with Gasteiger partial charge in [-0.15, -0.1) is 24.0 Å². The van der Waals surface area contributed by atoms with Crippen LogP contribution in [0.5, 0.6) is 5.75 Å². The Labute approximate surface area is 155 Å². The van der Waals surface area contributed by atoms with Crippen LogP contribution in [0.1, 0.15) is 5.56 Å². The molecule has 0 radical (unpaired) electrons. The molecule has 4 nitrogen and oxygen atoms in total. The van der Waals surface area contributed by atoms with Crippen molar-refractivity contribution in [3.05, 3.63) is 29.8 Å². The molecule has 23 heavy (non-hydrogen) atoms. The summed E-state index contributed by atoms with van der Waals surface area (Å²) in [6.45, 7) is -0.0560. The number of rotatable bonds is 7. The maximum Gasteiger partial charge on any atom is 0.422 e. The lowest BCUT2D eigenvalue weighted by molar-refractivity contribution is -0.153. The van der Waals surface area contributed by atoms with Crippen LogP contribution in [0.2, 0.25) is 0 Å². The molecule has 132 valence electrons. The fourth-order valence-corrected chi connectivity index (χ4v) is 1.89. The number of thioether (sulfide) groups is 1. The van der Waals surface area contributed by atoms with Crippen LogP contribution < -0.4 is 15.4 Å². The number of nitrogens with one attached hydrogen (secondary N) is 2. The largest absolute Gasteiger partial charge is 0.484 e. The van der Waals surface area contributed by atoms with E-state index in [2.05, 4.69) is 15.6 Å². The van der Waals surface area contributed by atoms with E-state index < -0.39 is 12.8 Å². The molecule has 0 fully saturated rings. The number of nitrogens with zero attached hydrogens (tertiary/aromatic N) is 1. The lowest BCUT2D eigenvalue weighted by Gasteiger charge is -2.13. The first-order valence-electron chi connectivity index (χ1n) is 6.66. The monoisotopic (exact) mass is 463 g/mol. The van der Waals surface area contributed by atoms with Gasteiger partial charge in [-0.25, -0.2) is 0 Å². The van der Waals surface area contributed by atoms with Crippen molar-refractivity contribution in [3.63, 3.8) is 0 Å². The van der Waals surface area contributed by atoms with Gasteiger partial charge in [-0.1, -0.05) is 12.1 Å². The van der Waals surface area contributed by atoms with Crippen LogP contribution in [0.4, 0.5) is 13.2 Å². The number of hydrogen-bond acceptors (Lipinski definition) is 3. The molecule has 0 spiro atoms. The van der Waals surface area contributed by atoms with Gasteiger partial charge in [-0.3, -0.25) is 4.99 Å². The minimum Gasteiger partial charge on any atom is -0.484 e. The first kappa shape index (κ1) is 22.2. The molecule has 2 N–H and O–H groups in total. The summed E-state index contributed by atoms with van der Waals surface area (Å²) in [5.41, 5.74) is 0.812. The van der Waals surface area contributed by atoms with Gasteiger partial charge in [-0.2, -0.15) is 24.9 Å². The van der Waals surface area contributed by atoms with Gasteiger partial charge < -0.3 is 15.4 Å². The van der Waals surface area contributed by atoms with Crippen molar-refractivity contribution in [1.82, 2.24) is 10.6 Å². The van der Waals surface area contributed by atoms with E-state index in [4.69, 9.17) is 4.74 Å². The predicted molar refractivity (Wildman–Crippen MR) is 100.0 cm³/mol. The molecule has 0 aliphatic rings. The second kappa shape index (κ2) is 11.7. The Hall–Kier alpha value is -0.840. The smallest absolute Gasteiger partial charge is 0.422 e. The minimum absolute atomic E-state index is 0. The molecule has 0 aliphatic heterocycles. The normalized spacial score (nSPS) is 11.6. The number of benzene rings is 1. The zero-order chi connectivity index (χ0) is 16.4. The van der Waals surface area contributed by atoms with E-state index in [1.54, 1.807) is 30.9 Å². The van der Waals surface area contributed by atoms with E-state index in [0.29, 0.717) is 12.5 Å². The van der Waals surface area contributed by atoms with Crippen molar-refractivity contribution in [2.45, 2.75) is 12.7 Å². The molecule has 9 heteroatoms. The summed E-state index contributed by atoms with van der Waals surface area (Å²) < 4.78 is 41.1. The summed E-state index contributed by atoms with van der Waals surface area (Å²) in [6, 6.07) is 6.55. The second-order valence-electron chi connectivity index (χ2n) is 4.40. The third-order valence-corrected chi connectivity index (χ3v) is 3.20. The molecule has 0 bridgehead atoms. The summed E-state index contributed by atoms with van der Waals surface area (Å²) >= 11 is 1.72. The number of alkyl halides is 3. The van der Waals surface area contributed by atoms with Crippen LogP contribution in [-0.2, 0) is 6.54 Å². The van der Waals surface area contributed by atoms with Crippen LogP contribution in [0.25, 0.3) is 0 Å². The van der Waals surface area contributed by atoms with Crippen LogP contribution >= 0.6 is 35.7 Å². The maximum atomic E-state index is 12.1. The van der Waals surface area contributed by atoms with Gasteiger partial charge in [0.05, 0.1) is 0 Å². The number of aliphatic imine (C=N–C) groups is 1. The Morgan fingerprint density at radius 2 is 2.04 bits per heavy atom. The van der Waals surface area contributed by atoms with Crippen LogP contribution in [0.15, 0.2) is 29.3 Å². The molecule has 1 aromatic carbocycles.